The summed E-state index contributed by atoms with van der Waals surface area (Å²) in [5.41, 5.74) is 1.57. The molecule has 5 heteroatoms. The van der Waals surface area contributed by atoms with Crippen molar-refractivity contribution in [2.45, 2.75) is 31.0 Å². The van der Waals surface area contributed by atoms with Crippen LogP contribution in [0.4, 0.5) is 0 Å². The smallest absolute Gasteiger partial charge is 0.316 e. The van der Waals surface area contributed by atoms with Gasteiger partial charge >= 0.3 is 5.97 Å². The molecule has 1 heterocycles. The van der Waals surface area contributed by atoms with E-state index in [1.54, 1.807) is 13.1 Å². The minimum absolute atomic E-state index is 0.496. The van der Waals surface area contributed by atoms with Crippen LogP contribution in [-0.4, -0.2) is 26.3 Å². The van der Waals surface area contributed by atoms with E-state index in [-0.39, 0.29) is 0 Å². The molecule has 0 amide bonds. The second kappa shape index (κ2) is 4.41. The summed E-state index contributed by atoms with van der Waals surface area (Å²) in [4.78, 5) is 19.0. The molecule has 0 aliphatic rings. The molecular weight excluding hydrogens is 200 g/mol. The van der Waals surface area contributed by atoms with Crippen LogP contribution in [0.15, 0.2) is 11.2 Å². The molecule has 1 unspecified atom stereocenters. The van der Waals surface area contributed by atoms with E-state index in [0.717, 1.165) is 11.4 Å². The summed E-state index contributed by atoms with van der Waals surface area (Å²) in [7, 11) is 0. The predicted octanol–water partition coefficient (Wildman–Crippen LogP) is 1.66. The number of thioether (sulfide) groups is 1. The van der Waals surface area contributed by atoms with Crippen LogP contribution in [0, 0.1) is 13.8 Å². The lowest BCUT2D eigenvalue weighted by Gasteiger charge is -2.07. The van der Waals surface area contributed by atoms with Gasteiger partial charge in [0.15, 0.2) is 0 Å². The summed E-state index contributed by atoms with van der Waals surface area (Å²) in [6, 6.07) is 0. The summed E-state index contributed by atoms with van der Waals surface area (Å²) in [5.74, 6) is -0.835. The predicted molar refractivity (Wildman–Crippen MR) is 54.5 cm³/mol. The van der Waals surface area contributed by atoms with Gasteiger partial charge in [-0.2, -0.15) is 0 Å². The molecule has 0 saturated carbocycles. The maximum absolute atomic E-state index is 10.6. The lowest BCUT2D eigenvalue weighted by Crippen LogP contribution is -2.12. The minimum atomic E-state index is -0.835. The van der Waals surface area contributed by atoms with Crippen molar-refractivity contribution >= 4 is 17.7 Å². The fourth-order valence-electron chi connectivity index (χ4n) is 0.845. The van der Waals surface area contributed by atoms with Crippen molar-refractivity contribution in [2.24, 2.45) is 0 Å². The van der Waals surface area contributed by atoms with Crippen LogP contribution in [-0.2, 0) is 4.79 Å². The fraction of sp³-hybridized carbons (Fsp3) is 0.444. The Morgan fingerprint density at radius 1 is 1.57 bits per heavy atom. The molecular formula is C9H12N2O2S. The Labute approximate surface area is 86.8 Å². The first-order chi connectivity index (χ1) is 6.50. The van der Waals surface area contributed by atoms with Crippen LogP contribution >= 0.6 is 11.8 Å². The highest BCUT2D eigenvalue weighted by Gasteiger charge is 2.15. The van der Waals surface area contributed by atoms with Crippen LogP contribution < -0.4 is 0 Å². The molecule has 0 aliphatic heterocycles. The first kappa shape index (κ1) is 11.0. The summed E-state index contributed by atoms with van der Waals surface area (Å²) in [6.45, 7) is 5.29. The Balaban J connectivity index is 2.85. The fourth-order valence-corrected chi connectivity index (χ4v) is 1.70. The molecule has 0 aliphatic carbocycles. The van der Waals surface area contributed by atoms with E-state index in [1.165, 1.54) is 11.8 Å². The number of carboxylic acids is 1. The Morgan fingerprint density at radius 2 is 2.21 bits per heavy atom. The number of aliphatic carboxylic acids is 1. The Morgan fingerprint density at radius 3 is 2.79 bits per heavy atom. The number of hydrogen-bond acceptors (Lipinski definition) is 4. The van der Waals surface area contributed by atoms with E-state index in [1.807, 2.05) is 13.8 Å². The highest BCUT2D eigenvalue weighted by Crippen LogP contribution is 2.23. The molecule has 4 nitrogen and oxygen atoms in total. The molecule has 14 heavy (non-hydrogen) atoms. The average Bonchev–Trinajstić information content (AvgIpc) is 2.11. The van der Waals surface area contributed by atoms with Crippen LogP contribution in [0.25, 0.3) is 0 Å². The summed E-state index contributed by atoms with van der Waals surface area (Å²) < 4.78 is 0. The van der Waals surface area contributed by atoms with Crippen molar-refractivity contribution in [2.75, 3.05) is 0 Å². The maximum Gasteiger partial charge on any atom is 0.316 e. The normalized spacial score (nSPS) is 12.5. The summed E-state index contributed by atoms with van der Waals surface area (Å²) in [6.07, 6.45) is 1.67. The Kier molecular flexibility index (Phi) is 3.46. The van der Waals surface area contributed by atoms with Crippen molar-refractivity contribution in [1.29, 1.82) is 0 Å². The first-order valence-electron chi connectivity index (χ1n) is 4.20. The van der Waals surface area contributed by atoms with Gasteiger partial charge in [0.2, 0.25) is 0 Å². The molecule has 0 bridgehead atoms. The zero-order valence-electron chi connectivity index (χ0n) is 8.31. The second-order valence-electron chi connectivity index (χ2n) is 3.00. The molecule has 1 N–H and O–H groups in total. The number of nitrogens with zero attached hydrogens (tertiary/aromatic N) is 2. The summed E-state index contributed by atoms with van der Waals surface area (Å²) >= 11 is 1.22. The van der Waals surface area contributed by atoms with Gasteiger partial charge in [0, 0.05) is 6.20 Å². The zero-order chi connectivity index (χ0) is 10.7. The van der Waals surface area contributed by atoms with Gasteiger partial charge in [-0.1, -0.05) is 11.8 Å². The molecule has 1 atom stereocenters. The second-order valence-corrected chi connectivity index (χ2v) is 4.33. The Bertz CT molecular complexity index is 355. The van der Waals surface area contributed by atoms with Crippen LogP contribution in [0.5, 0.6) is 0 Å². The van der Waals surface area contributed by atoms with Gasteiger partial charge in [0.1, 0.15) is 10.3 Å². The van der Waals surface area contributed by atoms with Gasteiger partial charge in [0.25, 0.3) is 0 Å². The van der Waals surface area contributed by atoms with Crippen molar-refractivity contribution in [1.82, 2.24) is 9.97 Å². The van der Waals surface area contributed by atoms with E-state index >= 15 is 0 Å². The van der Waals surface area contributed by atoms with Crippen LogP contribution in [0.2, 0.25) is 0 Å². The van der Waals surface area contributed by atoms with E-state index in [2.05, 4.69) is 9.97 Å². The number of rotatable bonds is 3. The lowest BCUT2D eigenvalue weighted by molar-refractivity contribution is -0.136. The topological polar surface area (TPSA) is 63.1 Å². The molecule has 0 radical (unpaired) electrons. The monoisotopic (exact) mass is 212 g/mol. The van der Waals surface area contributed by atoms with Crippen molar-refractivity contribution in [3.8, 4) is 0 Å². The van der Waals surface area contributed by atoms with Crippen molar-refractivity contribution < 1.29 is 9.90 Å². The van der Waals surface area contributed by atoms with Gasteiger partial charge in [-0.05, 0) is 20.8 Å². The standard InChI is InChI=1S/C9H12N2O2S/c1-5-4-10-6(2)8(11-5)14-7(3)9(12)13/h4,7H,1-3H3,(H,12,13). The molecule has 76 valence electrons. The van der Waals surface area contributed by atoms with Crippen molar-refractivity contribution in [3.05, 3.63) is 17.6 Å². The average molecular weight is 212 g/mol. The summed E-state index contributed by atoms with van der Waals surface area (Å²) in [5, 5.41) is 8.93. The lowest BCUT2D eigenvalue weighted by atomic mass is 10.4. The zero-order valence-corrected chi connectivity index (χ0v) is 9.13. The van der Waals surface area contributed by atoms with E-state index in [0.29, 0.717) is 5.03 Å². The number of aromatic nitrogens is 2. The maximum atomic E-state index is 10.6. The molecule has 1 rings (SSSR count). The van der Waals surface area contributed by atoms with Gasteiger partial charge < -0.3 is 5.11 Å². The number of aryl methyl sites for hydroxylation is 2. The van der Waals surface area contributed by atoms with Gasteiger partial charge in [-0.3, -0.25) is 9.78 Å². The minimum Gasteiger partial charge on any atom is -0.480 e. The molecule has 1 aromatic heterocycles. The molecule has 1 aromatic rings. The quantitative estimate of drug-likeness (QED) is 0.772. The van der Waals surface area contributed by atoms with E-state index in [9.17, 15) is 4.79 Å². The van der Waals surface area contributed by atoms with Gasteiger partial charge in [-0.25, -0.2) is 4.98 Å². The van der Waals surface area contributed by atoms with E-state index < -0.39 is 11.2 Å². The third kappa shape index (κ3) is 2.70. The van der Waals surface area contributed by atoms with Crippen molar-refractivity contribution in [3.63, 3.8) is 0 Å². The molecule has 0 saturated heterocycles. The SMILES string of the molecule is Cc1cnc(C)c(SC(C)C(=O)O)n1. The highest BCUT2D eigenvalue weighted by atomic mass is 32.2. The molecule has 0 fully saturated rings. The van der Waals surface area contributed by atoms with E-state index in [4.69, 9.17) is 5.11 Å². The first-order valence-corrected chi connectivity index (χ1v) is 5.08. The number of hydrogen-bond donors (Lipinski definition) is 1. The van der Waals surface area contributed by atoms with Crippen LogP contribution in [0.1, 0.15) is 18.3 Å². The third-order valence-electron chi connectivity index (χ3n) is 1.67. The van der Waals surface area contributed by atoms with Crippen LogP contribution in [0.3, 0.4) is 0 Å². The third-order valence-corrected chi connectivity index (χ3v) is 2.83. The molecule has 0 aromatic carbocycles. The highest BCUT2D eigenvalue weighted by molar-refractivity contribution is 8.00. The number of carbonyl (C=O) groups is 1. The Hall–Kier alpha value is -1.10. The van der Waals surface area contributed by atoms with Gasteiger partial charge in [0.05, 0.1) is 11.4 Å². The molecule has 0 spiro atoms. The number of carboxylic acid groups (broad SMARTS) is 1. The largest absolute Gasteiger partial charge is 0.480 e. The van der Waals surface area contributed by atoms with Gasteiger partial charge in [-0.15, -0.1) is 0 Å².